The molecule has 1 saturated carbocycles. The zero-order chi connectivity index (χ0) is 13.3. The molecule has 2 nitrogen and oxygen atoms in total. The van der Waals surface area contributed by atoms with Gasteiger partial charge in [-0.15, -0.1) is 0 Å². The van der Waals surface area contributed by atoms with Crippen LogP contribution < -0.4 is 5.56 Å². The van der Waals surface area contributed by atoms with E-state index in [9.17, 15) is 4.79 Å². The second kappa shape index (κ2) is 4.69. The van der Waals surface area contributed by atoms with Gasteiger partial charge in [-0.1, -0.05) is 42.3 Å². The summed E-state index contributed by atoms with van der Waals surface area (Å²) >= 11 is 0. The quantitative estimate of drug-likeness (QED) is 0.822. The van der Waals surface area contributed by atoms with Gasteiger partial charge < -0.3 is 4.57 Å². The van der Waals surface area contributed by atoms with Crippen LogP contribution in [0.25, 0.3) is 0 Å². The predicted molar refractivity (Wildman–Crippen MR) is 77.4 cm³/mol. The van der Waals surface area contributed by atoms with Crippen molar-refractivity contribution in [1.29, 1.82) is 0 Å². The highest BCUT2D eigenvalue weighted by atomic mass is 16.1. The lowest BCUT2D eigenvalue weighted by Gasteiger charge is -2.43. The van der Waals surface area contributed by atoms with Crippen molar-refractivity contribution in [2.45, 2.75) is 38.1 Å². The highest BCUT2D eigenvalue weighted by Crippen LogP contribution is 2.44. The molecule has 2 aromatic rings. The lowest BCUT2D eigenvalue weighted by Crippen LogP contribution is -2.41. The molecule has 1 aromatic carbocycles. The number of benzene rings is 1. The summed E-state index contributed by atoms with van der Waals surface area (Å²) in [6.07, 6.45) is 5.51. The van der Waals surface area contributed by atoms with Gasteiger partial charge in [0.25, 0.3) is 5.56 Å². The summed E-state index contributed by atoms with van der Waals surface area (Å²) in [6, 6.07) is 14.2. The van der Waals surface area contributed by atoms with Gasteiger partial charge >= 0.3 is 0 Å². The maximum absolute atomic E-state index is 11.9. The topological polar surface area (TPSA) is 22.0 Å². The Morgan fingerprint density at radius 2 is 1.84 bits per heavy atom. The summed E-state index contributed by atoms with van der Waals surface area (Å²) in [7, 11) is 0. The normalized spacial score (nSPS) is 16.9. The molecule has 0 unspecified atom stereocenters. The Kier molecular flexibility index (Phi) is 3.02. The highest BCUT2D eigenvalue weighted by molar-refractivity contribution is 5.30. The lowest BCUT2D eigenvalue weighted by molar-refractivity contribution is 0.206. The van der Waals surface area contributed by atoms with E-state index in [1.54, 1.807) is 12.1 Å². The standard InChI is InChI=1S/C17H19NO/c1-14-6-8-15(9-7-14)17(10-4-11-17)13-18-12-3-2-5-16(18)19/h2-3,5-9,12H,4,10-11,13H2,1H3. The number of pyridine rings is 1. The van der Waals surface area contributed by atoms with Crippen LogP contribution in [-0.4, -0.2) is 4.57 Å². The van der Waals surface area contributed by atoms with Gasteiger partial charge in [-0.05, 0) is 31.4 Å². The molecule has 19 heavy (non-hydrogen) atoms. The van der Waals surface area contributed by atoms with Gasteiger partial charge in [-0.25, -0.2) is 0 Å². The fraction of sp³-hybridized carbons (Fsp3) is 0.353. The summed E-state index contributed by atoms with van der Waals surface area (Å²) < 4.78 is 1.85. The molecular weight excluding hydrogens is 234 g/mol. The van der Waals surface area contributed by atoms with Crippen molar-refractivity contribution in [3.05, 3.63) is 70.1 Å². The molecule has 2 heteroatoms. The fourth-order valence-electron chi connectivity index (χ4n) is 2.97. The Hall–Kier alpha value is -1.83. The first-order valence-electron chi connectivity index (χ1n) is 6.92. The highest BCUT2D eigenvalue weighted by Gasteiger charge is 2.38. The molecule has 3 rings (SSSR count). The zero-order valence-electron chi connectivity index (χ0n) is 11.3. The third-order valence-corrected chi connectivity index (χ3v) is 4.35. The first kappa shape index (κ1) is 12.2. The van der Waals surface area contributed by atoms with Crippen LogP contribution in [0.15, 0.2) is 53.5 Å². The van der Waals surface area contributed by atoms with Crippen LogP contribution in [0.1, 0.15) is 30.4 Å². The summed E-state index contributed by atoms with van der Waals surface area (Å²) in [4.78, 5) is 11.9. The summed E-state index contributed by atoms with van der Waals surface area (Å²) in [5.41, 5.74) is 2.93. The summed E-state index contributed by atoms with van der Waals surface area (Å²) in [5.74, 6) is 0. The second-order valence-corrected chi connectivity index (χ2v) is 5.67. The minimum Gasteiger partial charge on any atom is -0.315 e. The number of hydrogen-bond acceptors (Lipinski definition) is 1. The van der Waals surface area contributed by atoms with E-state index >= 15 is 0 Å². The van der Waals surface area contributed by atoms with Crippen LogP contribution >= 0.6 is 0 Å². The third kappa shape index (κ3) is 2.23. The van der Waals surface area contributed by atoms with Crippen LogP contribution in [0.2, 0.25) is 0 Å². The third-order valence-electron chi connectivity index (χ3n) is 4.35. The van der Waals surface area contributed by atoms with E-state index in [4.69, 9.17) is 0 Å². The number of aromatic nitrogens is 1. The van der Waals surface area contributed by atoms with E-state index in [1.807, 2.05) is 16.8 Å². The minimum absolute atomic E-state index is 0.0980. The Labute approximate surface area is 113 Å². The molecule has 0 amide bonds. The maximum Gasteiger partial charge on any atom is 0.250 e. The van der Waals surface area contributed by atoms with Gasteiger partial charge in [0, 0.05) is 24.2 Å². The van der Waals surface area contributed by atoms with Crippen molar-refractivity contribution >= 4 is 0 Å². The second-order valence-electron chi connectivity index (χ2n) is 5.67. The molecule has 0 aliphatic heterocycles. The fourth-order valence-corrected chi connectivity index (χ4v) is 2.97. The average molecular weight is 253 g/mol. The molecule has 0 spiro atoms. The molecule has 0 radical (unpaired) electrons. The Balaban J connectivity index is 1.94. The Morgan fingerprint density at radius 1 is 1.11 bits per heavy atom. The van der Waals surface area contributed by atoms with Gasteiger partial charge in [0.2, 0.25) is 0 Å². The van der Waals surface area contributed by atoms with Crippen molar-refractivity contribution < 1.29 is 0 Å². The van der Waals surface area contributed by atoms with E-state index in [0.29, 0.717) is 0 Å². The SMILES string of the molecule is Cc1ccc(C2(Cn3ccccc3=O)CCC2)cc1. The largest absolute Gasteiger partial charge is 0.315 e. The summed E-state index contributed by atoms with van der Waals surface area (Å²) in [5, 5.41) is 0. The van der Waals surface area contributed by atoms with E-state index in [-0.39, 0.29) is 11.0 Å². The Morgan fingerprint density at radius 3 is 2.42 bits per heavy atom. The molecule has 1 aliphatic rings. The van der Waals surface area contributed by atoms with Crippen molar-refractivity contribution in [1.82, 2.24) is 4.57 Å². The minimum atomic E-state index is 0.0980. The average Bonchev–Trinajstić information content (AvgIpc) is 2.37. The van der Waals surface area contributed by atoms with Crippen molar-refractivity contribution in [2.24, 2.45) is 0 Å². The smallest absolute Gasteiger partial charge is 0.250 e. The molecule has 1 heterocycles. The maximum atomic E-state index is 11.9. The van der Waals surface area contributed by atoms with E-state index in [2.05, 4.69) is 31.2 Å². The molecule has 98 valence electrons. The van der Waals surface area contributed by atoms with E-state index in [0.717, 1.165) is 6.54 Å². The molecule has 1 aliphatic carbocycles. The van der Waals surface area contributed by atoms with Gasteiger partial charge in [0.15, 0.2) is 0 Å². The van der Waals surface area contributed by atoms with Crippen LogP contribution in [0.5, 0.6) is 0 Å². The van der Waals surface area contributed by atoms with Crippen LogP contribution in [0.4, 0.5) is 0 Å². The molecule has 0 atom stereocenters. The molecule has 1 fully saturated rings. The Bertz CT molecular complexity index is 620. The van der Waals surface area contributed by atoms with Crippen molar-refractivity contribution in [3.63, 3.8) is 0 Å². The van der Waals surface area contributed by atoms with Gasteiger partial charge in [-0.3, -0.25) is 4.79 Å². The number of nitrogens with zero attached hydrogens (tertiary/aromatic N) is 1. The van der Waals surface area contributed by atoms with Crippen LogP contribution in [0.3, 0.4) is 0 Å². The van der Waals surface area contributed by atoms with Gasteiger partial charge in [0.05, 0.1) is 0 Å². The molecule has 0 bridgehead atoms. The van der Waals surface area contributed by atoms with Gasteiger partial charge in [0.1, 0.15) is 0 Å². The molecule has 0 saturated heterocycles. The molecule has 1 aromatic heterocycles. The molecule has 0 N–H and O–H groups in total. The predicted octanol–water partition coefficient (Wildman–Crippen LogP) is 3.28. The zero-order valence-corrected chi connectivity index (χ0v) is 11.3. The van der Waals surface area contributed by atoms with Crippen LogP contribution in [0, 0.1) is 6.92 Å². The van der Waals surface area contributed by atoms with Crippen LogP contribution in [-0.2, 0) is 12.0 Å². The number of hydrogen-bond donors (Lipinski definition) is 0. The number of aryl methyl sites for hydroxylation is 1. The van der Waals surface area contributed by atoms with E-state index in [1.165, 1.54) is 30.4 Å². The summed E-state index contributed by atoms with van der Waals surface area (Å²) in [6.45, 7) is 2.91. The van der Waals surface area contributed by atoms with Crippen molar-refractivity contribution in [3.8, 4) is 0 Å². The van der Waals surface area contributed by atoms with Gasteiger partial charge in [-0.2, -0.15) is 0 Å². The first-order valence-corrected chi connectivity index (χ1v) is 6.92. The lowest BCUT2D eigenvalue weighted by atomic mass is 9.64. The van der Waals surface area contributed by atoms with E-state index < -0.39 is 0 Å². The first-order chi connectivity index (χ1) is 9.20. The number of rotatable bonds is 3. The monoisotopic (exact) mass is 253 g/mol. The van der Waals surface area contributed by atoms with Crippen molar-refractivity contribution in [2.75, 3.05) is 0 Å². The molecular formula is C17H19NO.